The summed E-state index contributed by atoms with van der Waals surface area (Å²) in [6, 6.07) is 8.79. The van der Waals surface area contributed by atoms with Crippen molar-refractivity contribution in [3.8, 4) is 5.75 Å². The van der Waals surface area contributed by atoms with E-state index in [4.69, 9.17) is 3.32 Å². The van der Waals surface area contributed by atoms with Crippen molar-refractivity contribution in [2.45, 2.75) is 66.5 Å². The monoisotopic (exact) mass is 377 g/mol. The van der Waals surface area contributed by atoms with E-state index in [0.717, 1.165) is 12.2 Å². The molecule has 1 aliphatic rings. The molecule has 131 valence electrons. The molecule has 0 spiro atoms. The Kier molecular flexibility index (Phi) is 6.05. The Bertz CT molecular complexity index is 645. The topological polar surface area (TPSA) is 9.23 Å². The van der Waals surface area contributed by atoms with Crippen LogP contribution in [0.25, 0.3) is 0 Å². The number of hydrogen-bond donors (Lipinski definition) is 0. The molecule has 0 atom stereocenters. The van der Waals surface area contributed by atoms with Gasteiger partial charge in [0.2, 0.25) is 0 Å². The van der Waals surface area contributed by atoms with Crippen molar-refractivity contribution in [2.24, 2.45) is 5.41 Å². The Morgan fingerprint density at radius 1 is 1.00 bits per heavy atom. The zero-order valence-electron chi connectivity index (χ0n) is 16.7. The molecular formula is C21H33OSiTi. The van der Waals surface area contributed by atoms with Crippen LogP contribution in [-0.4, -0.2) is 6.66 Å². The average Bonchev–Trinajstić information content (AvgIpc) is 2.93. The molecule has 1 nitrogen and oxygen atoms in total. The Hall–Kier alpha value is -0.569. The van der Waals surface area contributed by atoms with E-state index < -0.39 is 24.2 Å². The van der Waals surface area contributed by atoms with E-state index in [1.54, 1.807) is 9.45 Å². The average molecular weight is 377 g/mol. The number of rotatable bonds is 4. The molecule has 0 unspecified atom stereocenters. The first kappa shape index (κ1) is 19.8. The van der Waals surface area contributed by atoms with Crippen molar-refractivity contribution < 1.29 is 20.8 Å². The summed E-state index contributed by atoms with van der Waals surface area (Å²) < 4.78 is 8.42. The van der Waals surface area contributed by atoms with Crippen molar-refractivity contribution in [3.05, 3.63) is 51.4 Å². The van der Waals surface area contributed by atoms with E-state index in [-0.39, 0.29) is 10.8 Å². The third kappa shape index (κ3) is 4.74. The van der Waals surface area contributed by atoms with Crippen molar-refractivity contribution >= 4 is 6.66 Å². The van der Waals surface area contributed by atoms with E-state index in [2.05, 4.69) is 91.1 Å². The predicted molar refractivity (Wildman–Crippen MR) is 105 cm³/mol. The van der Waals surface area contributed by atoms with Gasteiger partial charge in [0.05, 0.1) is 0 Å². The normalized spacial score (nSPS) is 15.4. The third-order valence-electron chi connectivity index (χ3n) is 4.49. The van der Waals surface area contributed by atoms with Crippen LogP contribution in [0.2, 0.25) is 13.1 Å². The van der Waals surface area contributed by atoms with E-state index >= 15 is 0 Å². The summed E-state index contributed by atoms with van der Waals surface area (Å²) in [5, 5.41) is 0. The molecule has 1 aromatic carbocycles. The maximum absolute atomic E-state index is 6.75. The molecule has 1 aliphatic carbocycles. The fourth-order valence-electron chi connectivity index (χ4n) is 3.12. The molecule has 0 aliphatic heterocycles. The van der Waals surface area contributed by atoms with Crippen LogP contribution in [0.15, 0.2) is 45.9 Å². The van der Waals surface area contributed by atoms with E-state index in [0.29, 0.717) is 0 Å². The Balaban J connectivity index is 2.34. The van der Waals surface area contributed by atoms with Crippen LogP contribution < -0.4 is 3.32 Å². The van der Waals surface area contributed by atoms with Crippen molar-refractivity contribution in [2.75, 3.05) is 0 Å². The summed E-state index contributed by atoms with van der Waals surface area (Å²) in [7, 11) is 0. The standard InChI is InChI=1S/C10H14O.C9H13.C2H7Si.Ti/c1-10(2,3)8-5-4-6-9(11)7-8;1-9(2,3)8-6-4-5-7-8;1-3-2;/h4-7,11H,1-3H3;4,6H,5H2,1-3H3;3H,1-2H3;/q;;;+1/p-1. The quantitative estimate of drug-likeness (QED) is 0.573. The first-order chi connectivity index (χ1) is 11.0. The van der Waals surface area contributed by atoms with Crippen LogP contribution in [0.3, 0.4) is 0 Å². The Morgan fingerprint density at radius 3 is 2.21 bits per heavy atom. The SMILES string of the molecule is C[SiH](C)[Ti]([O]c1cccc(C(C)(C)C)c1)[C]1=C(C(C)(C)C)C=CC1. The van der Waals surface area contributed by atoms with Gasteiger partial charge in [-0.25, -0.2) is 0 Å². The minimum atomic E-state index is -1.69. The van der Waals surface area contributed by atoms with Gasteiger partial charge in [-0.15, -0.1) is 0 Å². The Morgan fingerprint density at radius 2 is 1.67 bits per heavy atom. The van der Waals surface area contributed by atoms with Crippen molar-refractivity contribution in [3.63, 3.8) is 0 Å². The van der Waals surface area contributed by atoms with Gasteiger partial charge in [0.1, 0.15) is 0 Å². The molecule has 0 fully saturated rings. The van der Waals surface area contributed by atoms with Gasteiger partial charge in [-0.1, -0.05) is 0 Å². The summed E-state index contributed by atoms with van der Waals surface area (Å²) in [4.78, 5) is 0. The molecule has 1 aromatic rings. The molecule has 0 aromatic heterocycles. The van der Waals surface area contributed by atoms with Crippen LogP contribution in [-0.2, 0) is 22.9 Å². The summed E-state index contributed by atoms with van der Waals surface area (Å²) >= 11 is -1.69. The van der Waals surface area contributed by atoms with Crippen LogP contribution in [0.5, 0.6) is 5.75 Å². The number of benzene rings is 1. The number of allylic oxidation sites excluding steroid dienone is 4. The Labute approximate surface area is 156 Å². The molecule has 2 rings (SSSR count). The first-order valence-electron chi connectivity index (χ1n) is 9.06. The predicted octanol–water partition coefficient (Wildman–Crippen LogP) is 6.14. The molecule has 0 heterocycles. The fourth-order valence-corrected chi connectivity index (χ4v) is 12.5. The van der Waals surface area contributed by atoms with E-state index in [1.165, 1.54) is 5.56 Å². The molecule has 3 heteroatoms. The summed E-state index contributed by atoms with van der Waals surface area (Å²) in [5.41, 5.74) is 3.29. The second-order valence-electron chi connectivity index (χ2n) is 9.15. The maximum atomic E-state index is 6.75. The van der Waals surface area contributed by atoms with Crippen molar-refractivity contribution in [1.82, 2.24) is 0 Å². The fraction of sp³-hybridized carbons (Fsp3) is 0.524. The second kappa shape index (κ2) is 7.35. The second-order valence-corrected chi connectivity index (χ2v) is 21.4. The molecule has 24 heavy (non-hydrogen) atoms. The van der Waals surface area contributed by atoms with Crippen LogP contribution >= 0.6 is 0 Å². The van der Waals surface area contributed by atoms with Gasteiger partial charge in [-0.2, -0.15) is 0 Å². The van der Waals surface area contributed by atoms with Gasteiger partial charge in [-0.05, 0) is 0 Å². The van der Waals surface area contributed by atoms with E-state index in [9.17, 15) is 0 Å². The van der Waals surface area contributed by atoms with Gasteiger partial charge in [0, 0.05) is 0 Å². The summed E-state index contributed by atoms with van der Waals surface area (Å²) in [6.45, 7) is 17.9. The van der Waals surface area contributed by atoms with Crippen LogP contribution in [0.1, 0.15) is 53.5 Å². The molecule has 0 bridgehead atoms. The van der Waals surface area contributed by atoms with Gasteiger partial charge in [0.25, 0.3) is 0 Å². The molecule has 0 N–H and O–H groups in total. The molecule has 0 saturated carbocycles. The summed E-state index contributed by atoms with van der Waals surface area (Å²) in [6.07, 6.45) is 5.81. The van der Waals surface area contributed by atoms with Gasteiger partial charge in [0.15, 0.2) is 0 Å². The molecule has 0 saturated heterocycles. The van der Waals surface area contributed by atoms with Crippen molar-refractivity contribution in [1.29, 1.82) is 0 Å². The first-order valence-corrected chi connectivity index (χ1v) is 16.1. The van der Waals surface area contributed by atoms with Gasteiger partial charge in [-0.3, -0.25) is 0 Å². The zero-order chi connectivity index (χ0) is 18.1. The summed E-state index contributed by atoms with van der Waals surface area (Å²) in [5.74, 6) is 1.09. The minimum absolute atomic E-state index is 0.166. The molecular weight excluding hydrogens is 344 g/mol. The molecule has 0 radical (unpaired) electrons. The van der Waals surface area contributed by atoms with E-state index in [1.807, 2.05) is 0 Å². The van der Waals surface area contributed by atoms with Crippen LogP contribution in [0.4, 0.5) is 0 Å². The zero-order valence-corrected chi connectivity index (χ0v) is 19.4. The third-order valence-corrected chi connectivity index (χ3v) is 14.8. The van der Waals surface area contributed by atoms with Crippen LogP contribution in [0, 0.1) is 5.41 Å². The number of hydrogen-bond acceptors (Lipinski definition) is 1. The van der Waals surface area contributed by atoms with Gasteiger partial charge < -0.3 is 0 Å². The van der Waals surface area contributed by atoms with Gasteiger partial charge >= 0.3 is 157 Å². The molecule has 0 amide bonds.